The molecule has 2 amide bonds. The van der Waals surface area contributed by atoms with E-state index in [-0.39, 0.29) is 11.8 Å². The molecule has 2 aliphatic heterocycles. The topological polar surface area (TPSA) is 40.6 Å². The lowest BCUT2D eigenvalue weighted by Gasteiger charge is -2.16. The molecule has 7 aromatic rings. The van der Waals surface area contributed by atoms with Crippen molar-refractivity contribution in [2.75, 3.05) is 13.1 Å². The molecule has 0 atom stereocenters. The van der Waals surface area contributed by atoms with E-state index < -0.39 is 0 Å². The Morgan fingerprint density at radius 2 is 0.583 bits per heavy atom. The van der Waals surface area contributed by atoms with Gasteiger partial charge < -0.3 is 0 Å². The van der Waals surface area contributed by atoms with E-state index in [0.29, 0.717) is 31.5 Å². The predicted octanol–water partition coefficient (Wildman–Crippen LogP) is 30.6. The first-order chi connectivity index (χ1) is 53.0. The van der Waals surface area contributed by atoms with Crippen molar-refractivity contribution >= 4 is 161 Å². The highest BCUT2D eigenvalue weighted by molar-refractivity contribution is 8.27. The smallest absolute Gasteiger partial charge is 0.266 e. The van der Waals surface area contributed by atoms with Gasteiger partial charge in [0.15, 0.2) is 0 Å². The normalized spacial score (nSPS) is 14.6. The van der Waals surface area contributed by atoms with E-state index in [1.807, 2.05) is 79.5 Å². The summed E-state index contributed by atoms with van der Waals surface area (Å²) in [5, 5.41) is 0. The van der Waals surface area contributed by atoms with Crippen molar-refractivity contribution in [3.8, 4) is 20.9 Å². The first-order valence-corrected chi connectivity index (χ1v) is 49.3. The number of carbonyl (C=O) groups is 2. The minimum Gasteiger partial charge on any atom is -0.293 e. The van der Waals surface area contributed by atoms with E-state index >= 15 is 0 Å². The summed E-state index contributed by atoms with van der Waals surface area (Å²) in [6.45, 7) is 15.0. The molecule has 108 heavy (non-hydrogen) atoms. The van der Waals surface area contributed by atoms with Crippen LogP contribution in [0, 0.1) is 0 Å². The lowest BCUT2D eigenvalue weighted by molar-refractivity contribution is -0.123. The zero-order valence-corrected chi connectivity index (χ0v) is 73.5. The zero-order valence-electron chi connectivity index (χ0n) is 65.4. The third-order valence-electron chi connectivity index (χ3n) is 21.2. The number of aryl methyl sites for hydroxylation is 4. The van der Waals surface area contributed by atoms with Crippen molar-refractivity contribution in [1.29, 1.82) is 0 Å². The summed E-state index contributed by atoms with van der Waals surface area (Å²) in [7, 11) is 0. The molecular weight excluding hydrogens is 1510 g/mol. The van der Waals surface area contributed by atoms with Gasteiger partial charge in [0.25, 0.3) is 11.8 Å². The monoisotopic (exact) mass is 1620 g/mol. The fraction of sp³-hybridized carbons (Fsp3) is 0.468. The number of fused-ring (bicyclic) bond motifs is 6. The van der Waals surface area contributed by atoms with Crippen LogP contribution in [-0.4, -0.2) is 43.3 Å². The van der Waals surface area contributed by atoms with Crippen molar-refractivity contribution < 1.29 is 9.59 Å². The summed E-state index contributed by atoms with van der Waals surface area (Å²) in [4.78, 5) is 38.9. The fourth-order valence-corrected chi connectivity index (χ4v) is 24.6. The van der Waals surface area contributed by atoms with Crippen LogP contribution < -0.4 is 0 Å². The minimum atomic E-state index is 0.0334. The highest BCUT2D eigenvalue weighted by Crippen LogP contribution is 2.61. The molecule has 0 saturated carbocycles. The molecule has 574 valence electrons. The molecule has 0 spiro atoms. The van der Waals surface area contributed by atoms with Gasteiger partial charge in [-0.25, -0.2) is 0 Å². The van der Waals surface area contributed by atoms with Crippen LogP contribution in [0.2, 0.25) is 0 Å². The van der Waals surface area contributed by atoms with E-state index in [0.717, 1.165) is 84.1 Å². The number of unbranched alkanes of at least 4 members (excludes halogenated alkanes) is 22. The van der Waals surface area contributed by atoms with Crippen LogP contribution in [0.15, 0.2) is 140 Å². The third-order valence-corrected chi connectivity index (χ3v) is 31.4. The first kappa shape index (κ1) is 84.6. The summed E-state index contributed by atoms with van der Waals surface area (Å²) in [5.74, 6) is 3.42. The summed E-state index contributed by atoms with van der Waals surface area (Å²) in [5.41, 5.74) is 21.0. The van der Waals surface area contributed by atoms with Crippen LogP contribution in [0.4, 0.5) is 0 Å². The maximum Gasteiger partial charge on any atom is 0.266 e. The molecule has 0 radical (unpaired) electrons. The molecule has 2 saturated heterocycles. The molecular formula is C94H116N2O2S10. The Labute approximate surface area is 694 Å². The van der Waals surface area contributed by atoms with E-state index in [1.54, 1.807) is 0 Å². The number of rotatable bonds is 48. The molecule has 4 heterocycles. The lowest BCUT2D eigenvalue weighted by Crippen LogP contribution is -2.28. The number of thiophene rings is 2. The van der Waals surface area contributed by atoms with Gasteiger partial charge in [0, 0.05) is 97.5 Å². The maximum absolute atomic E-state index is 14.6. The van der Waals surface area contributed by atoms with E-state index in [2.05, 4.69) is 175 Å². The minimum absolute atomic E-state index is 0.0334. The van der Waals surface area contributed by atoms with Crippen molar-refractivity contribution in [3.05, 3.63) is 216 Å². The Morgan fingerprint density at radius 1 is 0.324 bits per heavy atom. The third kappa shape index (κ3) is 23.9. The van der Waals surface area contributed by atoms with Crippen LogP contribution in [0.1, 0.15) is 298 Å². The van der Waals surface area contributed by atoms with Crippen LogP contribution in [0.3, 0.4) is 0 Å². The Kier molecular flexibility index (Phi) is 35.2. The quantitative estimate of drug-likeness (QED) is 0.0209. The van der Waals surface area contributed by atoms with Crippen LogP contribution in [0.25, 0.3) is 44.2 Å². The Hall–Kier alpha value is -4.32. The van der Waals surface area contributed by atoms with Gasteiger partial charge in [0.2, 0.25) is 0 Å². The number of amides is 2. The largest absolute Gasteiger partial charge is 0.293 e. The zero-order chi connectivity index (χ0) is 75.4. The predicted molar refractivity (Wildman–Crippen MR) is 494 cm³/mol. The number of nitrogens with zero attached hydrogens (tertiary/aromatic N) is 2. The van der Waals surface area contributed by atoms with Crippen LogP contribution >= 0.6 is 118 Å². The molecule has 11 rings (SSSR count). The van der Waals surface area contributed by atoms with Crippen molar-refractivity contribution in [2.45, 2.75) is 270 Å². The van der Waals surface area contributed by atoms with Gasteiger partial charge in [-0.15, -0.1) is 69.7 Å². The summed E-state index contributed by atoms with van der Waals surface area (Å²) >= 11 is 26.6. The first-order valence-electron chi connectivity index (χ1n) is 41.3. The van der Waals surface area contributed by atoms with Gasteiger partial charge in [-0.3, -0.25) is 19.4 Å². The molecule has 5 aromatic carbocycles. The van der Waals surface area contributed by atoms with Crippen molar-refractivity contribution in [2.24, 2.45) is 0 Å². The van der Waals surface area contributed by atoms with Gasteiger partial charge >= 0.3 is 0 Å². The number of hydrogen-bond acceptors (Lipinski definition) is 12. The molecule has 0 unspecified atom stereocenters. The van der Waals surface area contributed by atoms with Crippen LogP contribution in [-0.2, 0) is 58.3 Å². The highest BCUT2D eigenvalue weighted by atomic mass is 32.2. The molecule has 2 fully saturated rings. The van der Waals surface area contributed by atoms with Crippen LogP contribution in [0.5, 0.6) is 0 Å². The Balaban J connectivity index is 1.05. The average molecular weight is 1630 g/mol. The van der Waals surface area contributed by atoms with Gasteiger partial charge in [-0.05, 0) is 156 Å². The number of hydrogen-bond donors (Lipinski definition) is 0. The van der Waals surface area contributed by atoms with Gasteiger partial charge in [0.05, 0.1) is 9.81 Å². The summed E-state index contributed by atoms with van der Waals surface area (Å²) in [6.07, 6.45) is 42.8. The summed E-state index contributed by atoms with van der Waals surface area (Å²) < 4.78 is 3.96. The number of benzene rings is 5. The summed E-state index contributed by atoms with van der Waals surface area (Å²) in [6, 6.07) is 47.9. The number of thiocarbonyl (C=S) groups is 2. The highest BCUT2D eigenvalue weighted by Gasteiger charge is 2.39. The second-order valence-corrected chi connectivity index (χ2v) is 39.9. The molecule has 0 N–H and O–H groups in total. The molecule has 2 aliphatic carbocycles. The van der Waals surface area contributed by atoms with Gasteiger partial charge in [-0.1, -0.05) is 328 Å². The molecule has 0 bridgehead atoms. The van der Waals surface area contributed by atoms with Gasteiger partial charge in [-0.2, -0.15) is 0 Å². The van der Waals surface area contributed by atoms with E-state index in [1.165, 1.54) is 285 Å². The fourth-order valence-electron chi connectivity index (χ4n) is 14.8. The maximum atomic E-state index is 14.6. The van der Waals surface area contributed by atoms with Crippen molar-refractivity contribution in [1.82, 2.24) is 9.80 Å². The molecule has 2 aromatic heterocycles. The SMILES string of the molecule is CCCCCCCCN1C(=O)/C(=C\c2cc3c(s2)-c2cc4c(cc2C3=C(SCc2ccc(CCCCCC)cc2)SCc2ccc(CCCCCC)cc2)-c2sc(/C=C3/SC(=S)N(CCCCCCCC)C3=O)cc2C4=C(SCc2ccc(CCCCCC)cc2)SCc2ccc(CCCCCC)cc2)SC1=S. The Bertz CT molecular complexity index is 3830. The second kappa shape index (κ2) is 44.9. The lowest BCUT2D eigenvalue weighted by atomic mass is 9.98. The number of carbonyl (C=O) groups excluding carboxylic acids is 2. The Morgan fingerprint density at radius 3 is 0.870 bits per heavy atom. The molecule has 4 nitrogen and oxygen atoms in total. The standard InChI is InChI=1S/C94H116N2O2S10/c1-7-13-19-25-27-33-55-95-89(97)83(107-93(95)99)59-75-57-81-85(91(101-63-71-47-39-67(40-48-71)35-29-21-15-9-3)102-64-72-49-41-68(42-50-72)36-30-22-16-10-4)77-62-80-78(61-79(77)87(81)105-75)86(82-58-76(106-88(80)82)60-84-90(98)96(94(100)108-84)56-34-28-26-20-14-8-2)92(103-65-73-51-43-69(44-52-73)37-31-23-17-11-5)104-66-74-53-45-70(46-54-74)38-32-24-18-12-6/h39-54,57-62H,7-38,55-56,63-66H2,1-6H3/b83-59+,84-60+. The second-order valence-electron chi connectivity index (χ2n) is 29.9. The van der Waals surface area contributed by atoms with Crippen molar-refractivity contribution in [3.63, 3.8) is 0 Å². The number of thioether (sulfide) groups is 6. The molecule has 4 aliphatic rings. The average Bonchev–Trinajstić information content (AvgIpc) is 1.55. The molecule has 14 heteroatoms. The van der Waals surface area contributed by atoms with E-state index in [4.69, 9.17) is 24.4 Å². The van der Waals surface area contributed by atoms with E-state index in [9.17, 15) is 9.59 Å². The van der Waals surface area contributed by atoms with Gasteiger partial charge in [0.1, 0.15) is 8.64 Å².